The zero-order chi connectivity index (χ0) is 19.7. The highest BCUT2D eigenvalue weighted by Crippen LogP contribution is 2.30. The summed E-state index contributed by atoms with van der Waals surface area (Å²) in [7, 11) is 0. The first-order valence-electron chi connectivity index (χ1n) is 9.18. The summed E-state index contributed by atoms with van der Waals surface area (Å²) in [6, 6.07) is 12.5. The molecule has 0 bridgehead atoms. The van der Waals surface area contributed by atoms with E-state index in [1.807, 2.05) is 18.2 Å². The standard InChI is InChI=1S/C22H19ClO5/c1-13(21(24)26-12-14-5-2-3-8-19(14)23)27-15-9-10-17-16-6-4-7-18(16)22(25)28-20(17)11-15/h2-3,5,8-11,13H,4,6-7,12H2,1H3. The molecule has 1 aromatic heterocycles. The van der Waals surface area contributed by atoms with E-state index in [9.17, 15) is 9.59 Å². The van der Waals surface area contributed by atoms with Crippen molar-refractivity contribution in [3.63, 3.8) is 0 Å². The van der Waals surface area contributed by atoms with Gasteiger partial charge in [0.05, 0.1) is 0 Å². The topological polar surface area (TPSA) is 65.7 Å². The molecule has 2 aromatic carbocycles. The predicted octanol–water partition coefficient (Wildman–Crippen LogP) is 4.45. The van der Waals surface area contributed by atoms with Crippen molar-refractivity contribution in [3.8, 4) is 5.75 Å². The molecular formula is C22H19ClO5. The van der Waals surface area contributed by atoms with Crippen molar-refractivity contribution in [1.29, 1.82) is 0 Å². The number of esters is 1. The Morgan fingerprint density at radius 1 is 1.18 bits per heavy atom. The molecule has 0 saturated carbocycles. The van der Waals surface area contributed by atoms with E-state index in [0.29, 0.717) is 16.4 Å². The van der Waals surface area contributed by atoms with Crippen LogP contribution in [0.25, 0.3) is 11.0 Å². The van der Waals surface area contributed by atoms with Crippen molar-refractivity contribution in [1.82, 2.24) is 0 Å². The number of halogens is 1. The maximum Gasteiger partial charge on any atom is 0.347 e. The molecule has 0 fully saturated rings. The van der Waals surface area contributed by atoms with Gasteiger partial charge in [-0.2, -0.15) is 0 Å². The molecule has 0 amide bonds. The minimum atomic E-state index is -0.818. The van der Waals surface area contributed by atoms with Crippen LogP contribution in [-0.2, 0) is 29.0 Å². The summed E-state index contributed by atoms with van der Waals surface area (Å²) in [6.45, 7) is 1.68. The zero-order valence-corrected chi connectivity index (χ0v) is 16.1. The maximum atomic E-state index is 12.2. The molecule has 0 saturated heterocycles. The fourth-order valence-corrected chi connectivity index (χ4v) is 3.66. The summed E-state index contributed by atoms with van der Waals surface area (Å²) in [5, 5.41) is 1.47. The number of carbonyl (C=O) groups is 1. The Balaban J connectivity index is 1.47. The monoisotopic (exact) mass is 398 g/mol. The van der Waals surface area contributed by atoms with Crippen LogP contribution < -0.4 is 10.4 Å². The van der Waals surface area contributed by atoms with Gasteiger partial charge in [0.25, 0.3) is 0 Å². The molecule has 1 heterocycles. The van der Waals surface area contributed by atoms with Crippen LogP contribution in [0.15, 0.2) is 51.7 Å². The minimum Gasteiger partial charge on any atom is -0.479 e. The molecule has 5 nitrogen and oxygen atoms in total. The molecule has 0 spiro atoms. The fourth-order valence-electron chi connectivity index (χ4n) is 3.47. The first kappa shape index (κ1) is 18.6. The summed E-state index contributed by atoms with van der Waals surface area (Å²) in [5.41, 5.74) is 2.75. The number of ether oxygens (including phenoxy) is 2. The van der Waals surface area contributed by atoms with Crippen molar-refractivity contribution in [2.45, 2.75) is 38.9 Å². The Kier molecular flexibility index (Phi) is 5.09. The first-order valence-corrected chi connectivity index (χ1v) is 9.56. The van der Waals surface area contributed by atoms with Crippen LogP contribution in [0.4, 0.5) is 0 Å². The van der Waals surface area contributed by atoms with Gasteiger partial charge in [0.2, 0.25) is 0 Å². The molecular weight excluding hydrogens is 380 g/mol. The predicted molar refractivity (Wildman–Crippen MR) is 106 cm³/mol. The average molecular weight is 399 g/mol. The van der Waals surface area contributed by atoms with Gasteiger partial charge in [0, 0.05) is 27.6 Å². The van der Waals surface area contributed by atoms with Crippen LogP contribution in [-0.4, -0.2) is 12.1 Å². The Hall–Kier alpha value is -2.79. The SMILES string of the molecule is CC(Oc1ccc2c3c(c(=O)oc2c1)CCC3)C(=O)OCc1ccccc1Cl. The molecule has 1 aliphatic carbocycles. The second-order valence-corrected chi connectivity index (χ2v) is 7.22. The molecule has 4 rings (SSSR count). The quantitative estimate of drug-likeness (QED) is 0.469. The van der Waals surface area contributed by atoms with Gasteiger partial charge in [-0.05, 0) is 49.9 Å². The van der Waals surface area contributed by atoms with E-state index >= 15 is 0 Å². The van der Waals surface area contributed by atoms with E-state index in [4.69, 9.17) is 25.5 Å². The second kappa shape index (κ2) is 7.68. The molecule has 0 N–H and O–H groups in total. The normalized spacial score (nSPS) is 13.9. The van der Waals surface area contributed by atoms with E-state index in [1.54, 1.807) is 31.2 Å². The Bertz CT molecular complexity index is 1100. The number of fused-ring (bicyclic) bond motifs is 3. The molecule has 6 heteroatoms. The van der Waals surface area contributed by atoms with Gasteiger partial charge < -0.3 is 13.9 Å². The molecule has 0 aliphatic heterocycles. The third-order valence-corrected chi connectivity index (χ3v) is 5.29. The number of hydrogen-bond donors (Lipinski definition) is 0. The number of hydrogen-bond acceptors (Lipinski definition) is 5. The molecule has 144 valence electrons. The Morgan fingerprint density at radius 2 is 1.96 bits per heavy atom. The van der Waals surface area contributed by atoms with E-state index in [1.165, 1.54) is 0 Å². The summed E-state index contributed by atoms with van der Waals surface area (Å²) in [4.78, 5) is 24.4. The highest BCUT2D eigenvalue weighted by Gasteiger charge is 2.21. The van der Waals surface area contributed by atoms with Crippen LogP contribution in [0, 0.1) is 0 Å². The lowest BCUT2D eigenvalue weighted by atomic mass is 10.1. The highest BCUT2D eigenvalue weighted by atomic mass is 35.5. The fraction of sp³-hybridized carbons (Fsp3) is 0.273. The summed E-state index contributed by atoms with van der Waals surface area (Å²) >= 11 is 6.07. The van der Waals surface area contributed by atoms with E-state index < -0.39 is 12.1 Å². The van der Waals surface area contributed by atoms with Crippen LogP contribution in [0.3, 0.4) is 0 Å². The van der Waals surface area contributed by atoms with Crippen molar-refractivity contribution in [3.05, 3.63) is 74.6 Å². The van der Waals surface area contributed by atoms with Crippen molar-refractivity contribution < 1.29 is 18.7 Å². The van der Waals surface area contributed by atoms with E-state index in [-0.39, 0.29) is 12.2 Å². The third-order valence-electron chi connectivity index (χ3n) is 4.92. The Morgan fingerprint density at radius 3 is 2.79 bits per heavy atom. The molecule has 3 aromatic rings. The van der Waals surface area contributed by atoms with Gasteiger partial charge in [-0.3, -0.25) is 0 Å². The molecule has 1 aliphatic rings. The molecule has 1 atom stereocenters. The number of benzene rings is 2. The van der Waals surface area contributed by atoms with Crippen LogP contribution >= 0.6 is 11.6 Å². The lowest BCUT2D eigenvalue weighted by molar-refractivity contribution is -0.152. The second-order valence-electron chi connectivity index (χ2n) is 6.82. The maximum absolute atomic E-state index is 12.2. The van der Waals surface area contributed by atoms with E-state index in [2.05, 4.69) is 0 Å². The average Bonchev–Trinajstić information content (AvgIpc) is 3.18. The van der Waals surface area contributed by atoms with Crippen molar-refractivity contribution in [2.24, 2.45) is 0 Å². The zero-order valence-electron chi connectivity index (χ0n) is 15.4. The Labute approximate surface area is 166 Å². The lowest BCUT2D eigenvalue weighted by Crippen LogP contribution is -2.26. The van der Waals surface area contributed by atoms with Gasteiger partial charge in [0.1, 0.15) is 17.9 Å². The third kappa shape index (κ3) is 3.62. The number of carbonyl (C=O) groups excluding carboxylic acids is 1. The van der Waals surface area contributed by atoms with Gasteiger partial charge in [-0.15, -0.1) is 0 Å². The molecule has 28 heavy (non-hydrogen) atoms. The largest absolute Gasteiger partial charge is 0.479 e. The molecule has 1 unspecified atom stereocenters. The van der Waals surface area contributed by atoms with Crippen molar-refractivity contribution >= 4 is 28.5 Å². The minimum absolute atomic E-state index is 0.0743. The highest BCUT2D eigenvalue weighted by molar-refractivity contribution is 6.31. The van der Waals surface area contributed by atoms with Gasteiger partial charge >= 0.3 is 11.6 Å². The van der Waals surface area contributed by atoms with Crippen molar-refractivity contribution in [2.75, 3.05) is 0 Å². The molecule has 0 radical (unpaired) electrons. The lowest BCUT2D eigenvalue weighted by Gasteiger charge is -2.15. The van der Waals surface area contributed by atoms with Crippen LogP contribution in [0.5, 0.6) is 5.75 Å². The van der Waals surface area contributed by atoms with E-state index in [0.717, 1.165) is 41.3 Å². The first-order chi connectivity index (χ1) is 13.5. The van der Waals surface area contributed by atoms with Crippen LogP contribution in [0.2, 0.25) is 5.02 Å². The summed E-state index contributed by atoms with van der Waals surface area (Å²) in [6.07, 6.45) is 1.79. The van der Waals surface area contributed by atoms with Gasteiger partial charge in [-0.1, -0.05) is 29.8 Å². The van der Waals surface area contributed by atoms with Gasteiger partial charge in [-0.25, -0.2) is 9.59 Å². The summed E-state index contributed by atoms with van der Waals surface area (Å²) < 4.78 is 16.4. The van der Waals surface area contributed by atoms with Crippen LogP contribution in [0.1, 0.15) is 30.0 Å². The number of aryl methyl sites for hydroxylation is 1. The smallest absolute Gasteiger partial charge is 0.347 e. The summed E-state index contributed by atoms with van der Waals surface area (Å²) in [5.74, 6) is -0.0637. The van der Waals surface area contributed by atoms with Gasteiger partial charge in [0.15, 0.2) is 6.10 Å². The number of rotatable bonds is 5.